The van der Waals surface area contributed by atoms with Crippen LogP contribution in [-0.2, 0) is 22.4 Å². The van der Waals surface area contributed by atoms with E-state index in [0.717, 1.165) is 32.1 Å². The van der Waals surface area contributed by atoms with Crippen molar-refractivity contribution >= 4 is 11.9 Å². The lowest BCUT2D eigenvalue weighted by Crippen LogP contribution is -2.39. The van der Waals surface area contributed by atoms with E-state index >= 15 is 0 Å². The standard InChI is InChI=1S/C19H25NO3/c1-13(19(22)23)12-20(17-8-9-17)18(21)11-14-6-7-15-4-2-3-5-16(15)10-14/h2-5,13-14,17H,6-12H2,1H3,(H,22,23). The minimum absolute atomic E-state index is 0.144. The topological polar surface area (TPSA) is 57.6 Å². The third-order valence-corrected chi connectivity index (χ3v) is 5.11. The molecule has 3 rings (SSSR count). The summed E-state index contributed by atoms with van der Waals surface area (Å²) < 4.78 is 0. The quantitative estimate of drug-likeness (QED) is 0.878. The van der Waals surface area contributed by atoms with E-state index in [4.69, 9.17) is 5.11 Å². The first kappa shape index (κ1) is 16.0. The van der Waals surface area contributed by atoms with Crippen LogP contribution in [0, 0.1) is 11.8 Å². The van der Waals surface area contributed by atoms with Crippen LogP contribution in [0.25, 0.3) is 0 Å². The van der Waals surface area contributed by atoms with Crippen LogP contribution < -0.4 is 0 Å². The Morgan fingerprint density at radius 1 is 1.22 bits per heavy atom. The first-order valence-corrected chi connectivity index (χ1v) is 8.63. The van der Waals surface area contributed by atoms with Gasteiger partial charge in [-0.15, -0.1) is 0 Å². The Bertz CT molecular complexity index is 594. The number of rotatable bonds is 6. The van der Waals surface area contributed by atoms with Crippen LogP contribution in [0.3, 0.4) is 0 Å². The second kappa shape index (κ2) is 6.73. The molecule has 4 nitrogen and oxygen atoms in total. The van der Waals surface area contributed by atoms with Crippen molar-refractivity contribution in [2.75, 3.05) is 6.54 Å². The van der Waals surface area contributed by atoms with E-state index in [0.29, 0.717) is 18.9 Å². The van der Waals surface area contributed by atoms with Crippen LogP contribution in [-0.4, -0.2) is 34.5 Å². The predicted molar refractivity (Wildman–Crippen MR) is 88.1 cm³/mol. The zero-order chi connectivity index (χ0) is 16.4. The molecule has 1 amide bonds. The first-order valence-electron chi connectivity index (χ1n) is 8.63. The lowest BCUT2D eigenvalue weighted by atomic mass is 9.82. The summed E-state index contributed by atoms with van der Waals surface area (Å²) in [5, 5.41) is 9.11. The highest BCUT2D eigenvalue weighted by molar-refractivity contribution is 5.78. The molecule has 2 atom stereocenters. The number of hydrogen-bond donors (Lipinski definition) is 1. The molecular weight excluding hydrogens is 290 g/mol. The summed E-state index contributed by atoms with van der Waals surface area (Å²) in [7, 11) is 0. The summed E-state index contributed by atoms with van der Waals surface area (Å²) in [6.45, 7) is 2.03. The second-order valence-electron chi connectivity index (χ2n) is 7.10. The molecule has 2 aliphatic rings. The van der Waals surface area contributed by atoms with Gasteiger partial charge in [-0.1, -0.05) is 31.2 Å². The van der Waals surface area contributed by atoms with Crippen LogP contribution in [0.4, 0.5) is 0 Å². The number of hydrogen-bond acceptors (Lipinski definition) is 2. The minimum atomic E-state index is -0.824. The summed E-state index contributed by atoms with van der Waals surface area (Å²) in [6, 6.07) is 8.76. The van der Waals surface area contributed by atoms with Crippen LogP contribution in [0.5, 0.6) is 0 Å². The van der Waals surface area contributed by atoms with Gasteiger partial charge in [0.1, 0.15) is 0 Å². The maximum atomic E-state index is 12.7. The van der Waals surface area contributed by atoms with Crippen LogP contribution in [0.2, 0.25) is 0 Å². The van der Waals surface area contributed by atoms with Gasteiger partial charge in [0.15, 0.2) is 0 Å². The molecule has 2 aliphatic carbocycles. The molecule has 2 unspecified atom stereocenters. The highest BCUT2D eigenvalue weighted by atomic mass is 16.4. The van der Waals surface area contributed by atoms with E-state index in [1.807, 2.05) is 4.90 Å². The number of aryl methyl sites for hydroxylation is 1. The molecule has 0 saturated heterocycles. The van der Waals surface area contributed by atoms with Crippen molar-refractivity contribution in [2.24, 2.45) is 11.8 Å². The van der Waals surface area contributed by atoms with E-state index in [9.17, 15) is 9.59 Å². The Morgan fingerprint density at radius 3 is 2.57 bits per heavy atom. The number of carboxylic acid groups (broad SMARTS) is 1. The van der Waals surface area contributed by atoms with E-state index in [-0.39, 0.29) is 11.9 Å². The van der Waals surface area contributed by atoms with E-state index < -0.39 is 11.9 Å². The number of carbonyl (C=O) groups excluding carboxylic acids is 1. The molecule has 0 heterocycles. The van der Waals surface area contributed by atoms with Crippen molar-refractivity contribution in [1.29, 1.82) is 0 Å². The molecule has 23 heavy (non-hydrogen) atoms. The molecule has 0 aliphatic heterocycles. The van der Waals surface area contributed by atoms with Gasteiger partial charge in [-0.25, -0.2) is 0 Å². The Balaban J connectivity index is 1.60. The Kier molecular flexibility index (Phi) is 4.69. The number of carbonyl (C=O) groups is 2. The van der Waals surface area contributed by atoms with Crippen LogP contribution >= 0.6 is 0 Å². The molecule has 4 heteroatoms. The molecule has 1 aromatic carbocycles. The smallest absolute Gasteiger partial charge is 0.308 e. The summed E-state index contributed by atoms with van der Waals surface area (Å²) in [5.41, 5.74) is 2.78. The third-order valence-electron chi connectivity index (χ3n) is 5.11. The van der Waals surface area contributed by atoms with Crippen LogP contribution in [0.15, 0.2) is 24.3 Å². The molecule has 0 spiro atoms. The zero-order valence-electron chi connectivity index (χ0n) is 13.7. The highest BCUT2D eigenvalue weighted by Gasteiger charge is 2.35. The third kappa shape index (κ3) is 3.92. The SMILES string of the molecule is CC(CN(C(=O)CC1CCc2ccccc2C1)C1CC1)C(=O)O. The Hall–Kier alpha value is -1.84. The van der Waals surface area contributed by atoms with E-state index in [1.165, 1.54) is 11.1 Å². The van der Waals surface area contributed by atoms with Crippen molar-refractivity contribution < 1.29 is 14.7 Å². The first-order chi connectivity index (χ1) is 11.0. The number of amides is 1. The Labute approximate surface area is 137 Å². The lowest BCUT2D eigenvalue weighted by Gasteiger charge is -2.29. The van der Waals surface area contributed by atoms with Gasteiger partial charge < -0.3 is 10.0 Å². The number of benzene rings is 1. The summed E-state index contributed by atoms with van der Waals surface area (Å²) in [6.07, 6.45) is 5.65. The average molecular weight is 315 g/mol. The van der Waals surface area contributed by atoms with Crippen LogP contribution in [0.1, 0.15) is 43.7 Å². The minimum Gasteiger partial charge on any atom is -0.481 e. The molecule has 0 bridgehead atoms. The van der Waals surface area contributed by atoms with Gasteiger partial charge in [-0.05, 0) is 49.1 Å². The summed E-state index contributed by atoms with van der Waals surface area (Å²) in [5.74, 6) is -0.787. The van der Waals surface area contributed by atoms with Crippen molar-refractivity contribution in [3.63, 3.8) is 0 Å². The van der Waals surface area contributed by atoms with Crippen molar-refractivity contribution in [3.8, 4) is 0 Å². The molecule has 1 aromatic rings. The molecule has 1 N–H and O–H groups in total. The number of nitrogens with zero attached hydrogens (tertiary/aromatic N) is 1. The number of aliphatic carboxylic acids is 1. The van der Waals surface area contributed by atoms with Gasteiger partial charge in [-0.2, -0.15) is 0 Å². The summed E-state index contributed by atoms with van der Waals surface area (Å²) in [4.78, 5) is 25.6. The fourth-order valence-corrected chi connectivity index (χ4v) is 3.53. The average Bonchev–Trinajstić information content (AvgIpc) is 3.36. The second-order valence-corrected chi connectivity index (χ2v) is 7.10. The van der Waals surface area contributed by atoms with Crippen molar-refractivity contribution in [3.05, 3.63) is 35.4 Å². The normalized spacial score (nSPS) is 21.3. The van der Waals surface area contributed by atoms with Gasteiger partial charge in [0.2, 0.25) is 5.91 Å². The number of fused-ring (bicyclic) bond motifs is 1. The van der Waals surface area contributed by atoms with E-state index in [1.54, 1.807) is 6.92 Å². The fraction of sp³-hybridized carbons (Fsp3) is 0.579. The van der Waals surface area contributed by atoms with Gasteiger partial charge in [-0.3, -0.25) is 9.59 Å². The zero-order valence-corrected chi connectivity index (χ0v) is 13.7. The monoisotopic (exact) mass is 315 g/mol. The molecule has 1 saturated carbocycles. The fourth-order valence-electron chi connectivity index (χ4n) is 3.53. The molecule has 0 radical (unpaired) electrons. The van der Waals surface area contributed by atoms with Crippen molar-refractivity contribution in [1.82, 2.24) is 4.90 Å². The largest absolute Gasteiger partial charge is 0.481 e. The van der Waals surface area contributed by atoms with Gasteiger partial charge >= 0.3 is 5.97 Å². The van der Waals surface area contributed by atoms with E-state index in [2.05, 4.69) is 24.3 Å². The van der Waals surface area contributed by atoms with Gasteiger partial charge in [0, 0.05) is 19.0 Å². The predicted octanol–water partition coefficient (Wildman–Crippen LogP) is 2.89. The molecular formula is C19H25NO3. The number of carboxylic acids is 1. The summed E-state index contributed by atoms with van der Waals surface area (Å²) >= 11 is 0. The maximum Gasteiger partial charge on any atom is 0.308 e. The maximum absolute atomic E-state index is 12.7. The Morgan fingerprint density at radius 2 is 1.91 bits per heavy atom. The molecule has 0 aromatic heterocycles. The van der Waals surface area contributed by atoms with Gasteiger partial charge in [0.05, 0.1) is 5.92 Å². The molecule has 1 fully saturated rings. The van der Waals surface area contributed by atoms with Crippen molar-refractivity contribution in [2.45, 2.75) is 51.5 Å². The van der Waals surface area contributed by atoms with Gasteiger partial charge in [0.25, 0.3) is 0 Å². The molecule has 124 valence electrons. The lowest BCUT2D eigenvalue weighted by molar-refractivity contribution is -0.143. The highest BCUT2D eigenvalue weighted by Crippen LogP contribution is 2.32.